The molecule has 0 aliphatic carbocycles. The third-order valence-electron chi connectivity index (χ3n) is 3.23. The number of nitrogens with zero attached hydrogens (tertiary/aromatic N) is 3. The number of rotatable bonds is 3. The zero-order valence-corrected chi connectivity index (χ0v) is 12.3. The summed E-state index contributed by atoms with van der Waals surface area (Å²) in [4.78, 5) is 3.16. The van der Waals surface area contributed by atoms with Crippen molar-refractivity contribution >= 4 is 10.9 Å². The number of pyridine rings is 1. The quantitative estimate of drug-likeness (QED) is 0.721. The van der Waals surface area contributed by atoms with Gasteiger partial charge in [0.05, 0.1) is 11.0 Å². The minimum atomic E-state index is -3.92. The largest absolute Gasteiger partial charge is 0.344 e. The Bertz CT molecular complexity index is 1780. The summed E-state index contributed by atoms with van der Waals surface area (Å²) in [6.07, 6.45) is -8.60. The first kappa shape index (κ1) is 4.34. The first-order valence-corrected chi connectivity index (χ1v) is 6.79. The fourth-order valence-corrected chi connectivity index (χ4v) is 2.20. The van der Waals surface area contributed by atoms with Crippen molar-refractivity contribution in [1.82, 2.24) is 14.5 Å². The minimum Gasteiger partial charge on any atom is -0.344 e. The molecule has 0 amide bonds. The third-order valence-corrected chi connectivity index (χ3v) is 3.23. The first-order chi connectivity index (χ1) is 20.3. The summed E-state index contributed by atoms with van der Waals surface area (Å²) in [5, 5.41) is -1.10. The molecule has 4 rings (SSSR count). The summed E-state index contributed by atoms with van der Waals surface area (Å²) >= 11 is 0. The van der Waals surface area contributed by atoms with Gasteiger partial charge in [-0.05, 0) is 56.4 Å². The average molecular weight is 342 g/mol. The molecule has 3 aromatic rings. The molecule has 0 radical (unpaired) electrons. The Morgan fingerprint density at radius 3 is 3.21 bits per heavy atom. The molecule has 1 aromatic carbocycles. The van der Waals surface area contributed by atoms with E-state index in [0.717, 1.165) is 0 Å². The van der Waals surface area contributed by atoms with Gasteiger partial charge in [0.2, 0.25) is 0 Å². The molecule has 0 N–H and O–H groups in total. The van der Waals surface area contributed by atoms with Crippen LogP contribution < -0.4 is 0 Å². The minimum absolute atomic E-state index is 0.0613. The van der Waals surface area contributed by atoms with Crippen LogP contribution in [-0.2, 0) is 25.7 Å². The number of benzene rings is 1. The fraction of sp³-hybridized carbons (Fsp3) is 0.381. The van der Waals surface area contributed by atoms with Crippen LogP contribution in [0.1, 0.15) is 58.2 Å². The lowest BCUT2D eigenvalue weighted by molar-refractivity contribution is 0.309. The Hall–Kier alpha value is -2.13. The Morgan fingerprint density at radius 1 is 1.38 bits per heavy atom. The van der Waals surface area contributed by atoms with Gasteiger partial charge < -0.3 is 9.47 Å². The van der Waals surface area contributed by atoms with Gasteiger partial charge in [0, 0.05) is 73.5 Å². The molecular weight excluding hydrogens is 294 g/mol. The fourth-order valence-electron chi connectivity index (χ4n) is 2.20. The highest BCUT2D eigenvalue weighted by molar-refractivity contribution is 5.86. The van der Waals surface area contributed by atoms with Crippen LogP contribution in [0.4, 0.5) is 0 Å². The molecule has 0 saturated carbocycles. The molecule has 2 aromatic heterocycles. The van der Waals surface area contributed by atoms with Gasteiger partial charge in [0.1, 0.15) is 0 Å². The van der Waals surface area contributed by atoms with Gasteiger partial charge in [-0.2, -0.15) is 0 Å². The maximum absolute atomic E-state index is 9.03. The summed E-state index contributed by atoms with van der Waals surface area (Å²) in [5.41, 5.74) is -6.45. The second kappa shape index (κ2) is 6.06. The van der Waals surface area contributed by atoms with E-state index in [1.165, 1.54) is 6.92 Å². The summed E-state index contributed by atoms with van der Waals surface area (Å²) in [6.45, 7) is -17.5. The lowest BCUT2D eigenvalue weighted by atomic mass is 10.0. The summed E-state index contributed by atoms with van der Waals surface area (Å²) < 4.78 is 185. The van der Waals surface area contributed by atoms with Gasteiger partial charge in [-0.15, -0.1) is 0 Å². The maximum Gasteiger partial charge on any atom is 0.0843 e. The van der Waals surface area contributed by atoms with Gasteiger partial charge >= 0.3 is 0 Å². The van der Waals surface area contributed by atoms with Crippen molar-refractivity contribution in [2.45, 2.75) is 39.5 Å². The molecule has 0 saturated heterocycles. The number of likely N-dealkylation sites (N-methyl/N-ethyl adjacent to an activating group) is 1. The van der Waals surface area contributed by atoms with Crippen LogP contribution >= 0.6 is 0 Å². The van der Waals surface area contributed by atoms with Gasteiger partial charge in [0.25, 0.3) is 0 Å². The molecule has 0 spiro atoms. The molecule has 3 heterocycles. The molecule has 3 heteroatoms. The van der Waals surface area contributed by atoms with E-state index >= 15 is 0 Å². The summed E-state index contributed by atoms with van der Waals surface area (Å²) in [5.74, 6) is 0. The van der Waals surface area contributed by atoms with E-state index in [1.54, 1.807) is 0 Å². The molecule has 1 aliphatic rings. The number of aryl methyl sites for hydroxylation is 2. The predicted molar refractivity (Wildman–Crippen MR) is 99.4 cm³/mol. The molecule has 0 fully saturated rings. The molecule has 0 unspecified atom stereocenters. The molecular formula is C21H25N3. The van der Waals surface area contributed by atoms with E-state index in [-0.39, 0.29) is 10.3 Å². The van der Waals surface area contributed by atoms with Crippen LogP contribution in [0.2, 0.25) is 0 Å². The van der Waals surface area contributed by atoms with Crippen molar-refractivity contribution < 1.29 is 30.2 Å². The van der Waals surface area contributed by atoms with Crippen molar-refractivity contribution in [3.8, 4) is 0 Å². The number of hydrogen-bond donors (Lipinski definition) is 0. The van der Waals surface area contributed by atoms with Crippen LogP contribution in [-0.4, -0.2) is 27.9 Å². The van der Waals surface area contributed by atoms with E-state index in [1.807, 2.05) is 0 Å². The van der Waals surface area contributed by atoms with Crippen LogP contribution in [0.5, 0.6) is 0 Å². The molecule has 124 valence electrons. The molecule has 0 atom stereocenters. The van der Waals surface area contributed by atoms with Gasteiger partial charge in [-0.1, -0.05) is 17.6 Å². The Balaban J connectivity index is 2.40. The van der Waals surface area contributed by atoms with Crippen molar-refractivity contribution in [1.29, 1.82) is 0 Å². The monoisotopic (exact) mass is 341 g/mol. The summed E-state index contributed by atoms with van der Waals surface area (Å²) in [7, 11) is 0. The highest BCUT2D eigenvalue weighted by Gasteiger charge is 2.22. The van der Waals surface area contributed by atoms with E-state index < -0.39 is 121 Å². The van der Waals surface area contributed by atoms with Crippen molar-refractivity contribution in [2.75, 3.05) is 13.5 Å². The van der Waals surface area contributed by atoms with Crippen LogP contribution in [0, 0.1) is 13.8 Å². The zero-order valence-electron chi connectivity index (χ0n) is 34.3. The first-order valence-electron chi connectivity index (χ1n) is 17.8. The summed E-state index contributed by atoms with van der Waals surface area (Å²) in [6, 6.07) is -5.53. The average Bonchev–Trinajstić information content (AvgIpc) is 3.22. The van der Waals surface area contributed by atoms with Gasteiger partial charge in [0.15, 0.2) is 0 Å². The Labute approximate surface area is 174 Å². The highest BCUT2D eigenvalue weighted by Crippen LogP contribution is 2.31. The third kappa shape index (κ3) is 2.73. The molecule has 0 bridgehead atoms. The Kier molecular flexibility index (Phi) is 1.10. The highest BCUT2D eigenvalue weighted by atomic mass is 15.1. The Morgan fingerprint density at radius 2 is 2.33 bits per heavy atom. The number of fused-ring (bicyclic) bond motifs is 3. The van der Waals surface area contributed by atoms with Crippen LogP contribution in [0.25, 0.3) is 10.9 Å². The maximum atomic E-state index is 9.03. The van der Waals surface area contributed by atoms with Crippen LogP contribution in [0.3, 0.4) is 0 Å². The molecule has 3 nitrogen and oxygen atoms in total. The lowest BCUT2D eigenvalue weighted by Gasteiger charge is -2.24. The van der Waals surface area contributed by atoms with E-state index in [4.69, 9.17) is 30.2 Å². The van der Waals surface area contributed by atoms with Crippen LogP contribution in [0.15, 0.2) is 36.4 Å². The lowest BCUT2D eigenvalue weighted by Crippen LogP contribution is -2.27. The normalized spacial score (nSPS) is 36.9. The second-order valence-corrected chi connectivity index (χ2v) is 4.89. The van der Waals surface area contributed by atoms with E-state index in [2.05, 4.69) is 4.98 Å². The van der Waals surface area contributed by atoms with Crippen molar-refractivity contribution in [3.05, 3.63) is 64.5 Å². The van der Waals surface area contributed by atoms with E-state index in [9.17, 15) is 0 Å². The number of hydrogen-bond acceptors (Lipinski definition) is 2. The van der Waals surface area contributed by atoms with Crippen molar-refractivity contribution in [2.24, 2.45) is 0 Å². The SMILES string of the molecule is [2H]c1nc(C)c([2H])c([2H])c1C([2H])([2H])C([2H])([2H])n1c2c(c3c([2H])c(C([2H])([2H])[2H])c([2H])c([2H])c31)C([2H])([2H])N(C([2H])([2H])[2H])C([2H])([2H])C2([2H])[2H]. The topological polar surface area (TPSA) is 21.1 Å². The number of aromatic nitrogens is 2. The predicted octanol–water partition coefficient (Wildman–Crippen LogP) is 3.88. The smallest absolute Gasteiger partial charge is 0.0843 e. The second-order valence-electron chi connectivity index (χ2n) is 4.89. The van der Waals surface area contributed by atoms with Gasteiger partial charge in [-0.3, -0.25) is 4.98 Å². The molecule has 1 aliphatic heterocycles. The van der Waals surface area contributed by atoms with Crippen molar-refractivity contribution in [3.63, 3.8) is 0 Å². The molecule has 24 heavy (non-hydrogen) atoms. The van der Waals surface area contributed by atoms with E-state index in [0.29, 0.717) is 0 Å². The van der Waals surface area contributed by atoms with Gasteiger partial charge in [-0.25, -0.2) is 0 Å². The standard InChI is InChI=1S/C21H25N3/c1-15-4-7-20-18(12-15)19-14-23(3)10-9-21(19)24(20)11-8-17-6-5-16(2)22-13-17/h4-7,12-13H,8-11,14H2,1-3H3/i1D3,3D3,4D,5D,6D,7D,8D2,9D2,10D2,11D2,12D,13D,14D2. The zero-order chi connectivity index (χ0) is 35.9.